The van der Waals surface area contributed by atoms with Crippen molar-refractivity contribution in [1.29, 1.82) is 5.26 Å². The van der Waals surface area contributed by atoms with E-state index in [1.54, 1.807) is 12.4 Å². The molecule has 0 aliphatic heterocycles. The number of rotatable bonds is 4. The highest BCUT2D eigenvalue weighted by Gasteiger charge is 2.33. The van der Waals surface area contributed by atoms with E-state index in [0.29, 0.717) is 0 Å². The van der Waals surface area contributed by atoms with Crippen LogP contribution in [0.1, 0.15) is 17.5 Å². The summed E-state index contributed by atoms with van der Waals surface area (Å²) in [6.45, 7) is 0. The van der Waals surface area contributed by atoms with Gasteiger partial charge < -0.3 is 0 Å². The highest BCUT2D eigenvalue weighted by atomic mass is 79.9. The number of aromatic nitrogens is 1. The van der Waals surface area contributed by atoms with Gasteiger partial charge in [-0.25, -0.2) is 0 Å². The van der Waals surface area contributed by atoms with Crippen molar-refractivity contribution < 1.29 is 0 Å². The Kier molecular flexibility index (Phi) is 4.11. The van der Waals surface area contributed by atoms with Gasteiger partial charge in [0.1, 0.15) is 5.41 Å². The smallest absolute Gasteiger partial charge is 0.109 e. The number of hydrogen-bond acceptors (Lipinski definition) is 2. The fourth-order valence-electron chi connectivity index (χ4n) is 2.12. The number of nitriles is 1. The predicted octanol–water partition coefficient (Wildman–Crippen LogP) is 3.68. The molecule has 0 saturated heterocycles. The lowest BCUT2D eigenvalue weighted by molar-refractivity contribution is 0.637. The van der Waals surface area contributed by atoms with Crippen LogP contribution in [-0.2, 0) is 5.41 Å². The molecule has 0 amide bonds. The van der Waals surface area contributed by atoms with E-state index < -0.39 is 5.41 Å². The molecule has 1 unspecified atom stereocenters. The fraction of sp³-hybridized carbons (Fsp3) is 0.200. The third-order valence-corrected chi connectivity index (χ3v) is 3.48. The van der Waals surface area contributed by atoms with Gasteiger partial charge in [0.2, 0.25) is 0 Å². The summed E-state index contributed by atoms with van der Waals surface area (Å²) in [5.41, 5.74) is 1.33. The van der Waals surface area contributed by atoms with Crippen LogP contribution in [0.5, 0.6) is 0 Å². The average Bonchev–Trinajstić information content (AvgIpc) is 2.47. The van der Waals surface area contributed by atoms with Crippen LogP contribution in [0.3, 0.4) is 0 Å². The SMILES string of the molecule is N#CC(CCBr)(c1ccccc1)c1cccnc1. The van der Waals surface area contributed by atoms with Gasteiger partial charge in [0.25, 0.3) is 0 Å². The van der Waals surface area contributed by atoms with Crippen molar-refractivity contribution in [2.45, 2.75) is 11.8 Å². The van der Waals surface area contributed by atoms with Gasteiger partial charge in [-0.2, -0.15) is 5.26 Å². The van der Waals surface area contributed by atoms with Crippen molar-refractivity contribution in [3.8, 4) is 6.07 Å². The molecule has 2 rings (SSSR count). The van der Waals surface area contributed by atoms with Crippen LogP contribution in [0.4, 0.5) is 0 Å². The Morgan fingerprint density at radius 2 is 1.83 bits per heavy atom. The molecule has 18 heavy (non-hydrogen) atoms. The third kappa shape index (κ3) is 2.30. The summed E-state index contributed by atoms with van der Waals surface area (Å²) < 4.78 is 0. The first kappa shape index (κ1) is 12.8. The van der Waals surface area contributed by atoms with Gasteiger partial charge in [-0.3, -0.25) is 4.98 Å². The molecule has 0 spiro atoms. The number of halogens is 1. The van der Waals surface area contributed by atoms with Gasteiger partial charge in [-0.1, -0.05) is 52.3 Å². The molecule has 1 atom stereocenters. The van der Waals surface area contributed by atoms with Crippen molar-refractivity contribution in [3.63, 3.8) is 0 Å². The number of hydrogen-bond donors (Lipinski definition) is 0. The van der Waals surface area contributed by atoms with Gasteiger partial charge in [-0.15, -0.1) is 0 Å². The van der Waals surface area contributed by atoms with E-state index in [-0.39, 0.29) is 0 Å². The quantitative estimate of drug-likeness (QED) is 0.808. The van der Waals surface area contributed by atoms with E-state index in [1.165, 1.54) is 0 Å². The largest absolute Gasteiger partial charge is 0.264 e. The van der Waals surface area contributed by atoms with E-state index in [1.807, 2.05) is 42.5 Å². The molecule has 0 aliphatic rings. The van der Waals surface area contributed by atoms with Gasteiger partial charge in [-0.05, 0) is 23.6 Å². The van der Waals surface area contributed by atoms with Crippen molar-refractivity contribution in [2.24, 2.45) is 0 Å². The van der Waals surface area contributed by atoms with Gasteiger partial charge in [0.15, 0.2) is 0 Å². The maximum Gasteiger partial charge on any atom is 0.109 e. The van der Waals surface area contributed by atoms with E-state index in [0.717, 1.165) is 22.9 Å². The monoisotopic (exact) mass is 300 g/mol. The van der Waals surface area contributed by atoms with Crippen LogP contribution in [0, 0.1) is 11.3 Å². The maximum absolute atomic E-state index is 9.72. The lowest BCUT2D eigenvalue weighted by atomic mass is 9.74. The topological polar surface area (TPSA) is 36.7 Å². The fourth-order valence-corrected chi connectivity index (χ4v) is 2.71. The zero-order valence-corrected chi connectivity index (χ0v) is 11.5. The Labute approximate surface area is 115 Å². The molecule has 3 heteroatoms. The molecule has 1 aromatic carbocycles. The first-order valence-corrected chi connectivity index (χ1v) is 6.89. The van der Waals surface area contributed by atoms with Crippen LogP contribution in [0.15, 0.2) is 54.9 Å². The van der Waals surface area contributed by atoms with E-state index in [9.17, 15) is 5.26 Å². The summed E-state index contributed by atoms with van der Waals surface area (Å²) in [4.78, 5) is 4.14. The lowest BCUT2D eigenvalue weighted by Crippen LogP contribution is -2.26. The second kappa shape index (κ2) is 5.79. The maximum atomic E-state index is 9.72. The zero-order valence-electron chi connectivity index (χ0n) is 9.88. The molecular weight excluding hydrogens is 288 g/mol. The summed E-state index contributed by atoms with van der Waals surface area (Å²) in [5, 5.41) is 10.5. The van der Waals surface area contributed by atoms with E-state index in [2.05, 4.69) is 27.0 Å². The number of benzene rings is 1. The summed E-state index contributed by atoms with van der Waals surface area (Å²) >= 11 is 3.45. The third-order valence-electron chi connectivity index (χ3n) is 3.08. The average molecular weight is 301 g/mol. The van der Waals surface area contributed by atoms with Gasteiger partial charge in [0.05, 0.1) is 6.07 Å². The van der Waals surface area contributed by atoms with Crippen LogP contribution < -0.4 is 0 Å². The van der Waals surface area contributed by atoms with Crippen molar-refractivity contribution >= 4 is 15.9 Å². The first-order chi connectivity index (χ1) is 8.83. The highest BCUT2D eigenvalue weighted by Crippen LogP contribution is 2.35. The normalized spacial score (nSPS) is 13.6. The minimum absolute atomic E-state index is 0.626. The first-order valence-electron chi connectivity index (χ1n) is 5.77. The second-order valence-corrected chi connectivity index (χ2v) is 4.86. The summed E-state index contributed by atoms with van der Waals surface area (Å²) in [7, 11) is 0. The van der Waals surface area contributed by atoms with Crippen LogP contribution >= 0.6 is 15.9 Å². The van der Waals surface area contributed by atoms with Crippen molar-refractivity contribution in [3.05, 3.63) is 66.0 Å². The summed E-state index contributed by atoms with van der Waals surface area (Å²) in [5.74, 6) is 0. The molecule has 90 valence electrons. The van der Waals surface area contributed by atoms with E-state index >= 15 is 0 Å². The molecule has 2 aromatic rings. The number of nitrogens with zero attached hydrogens (tertiary/aromatic N) is 2. The molecule has 0 aliphatic carbocycles. The molecular formula is C15H13BrN2. The lowest BCUT2D eigenvalue weighted by Gasteiger charge is -2.26. The van der Waals surface area contributed by atoms with Crippen molar-refractivity contribution in [2.75, 3.05) is 5.33 Å². The summed E-state index contributed by atoms with van der Waals surface area (Å²) in [6, 6.07) is 16.2. The minimum Gasteiger partial charge on any atom is -0.264 e. The Morgan fingerprint density at radius 3 is 2.39 bits per heavy atom. The number of pyridine rings is 1. The van der Waals surface area contributed by atoms with Crippen LogP contribution in [0.25, 0.3) is 0 Å². The Balaban J connectivity index is 2.58. The molecule has 0 N–H and O–H groups in total. The Morgan fingerprint density at radius 1 is 1.11 bits per heavy atom. The molecule has 0 fully saturated rings. The predicted molar refractivity (Wildman–Crippen MR) is 75.5 cm³/mol. The minimum atomic E-state index is -0.626. The highest BCUT2D eigenvalue weighted by molar-refractivity contribution is 9.09. The number of alkyl halides is 1. The van der Waals surface area contributed by atoms with Gasteiger partial charge in [0, 0.05) is 17.7 Å². The molecule has 2 nitrogen and oxygen atoms in total. The molecule has 0 saturated carbocycles. The molecule has 1 heterocycles. The second-order valence-electron chi connectivity index (χ2n) is 4.06. The van der Waals surface area contributed by atoms with Crippen molar-refractivity contribution in [1.82, 2.24) is 4.98 Å². The van der Waals surface area contributed by atoms with Crippen LogP contribution in [-0.4, -0.2) is 10.3 Å². The Bertz CT molecular complexity index is 492. The zero-order chi connectivity index (χ0) is 12.8. The molecule has 1 aromatic heterocycles. The molecule has 0 bridgehead atoms. The summed E-state index contributed by atoms with van der Waals surface area (Å²) in [6.07, 6.45) is 4.23. The van der Waals surface area contributed by atoms with E-state index in [4.69, 9.17) is 0 Å². The Hall–Kier alpha value is -1.66. The molecule has 0 radical (unpaired) electrons. The van der Waals surface area contributed by atoms with Crippen LogP contribution in [0.2, 0.25) is 0 Å². The van der Waals surface area contributed by atoms with Gasteiger partial charge >= 0.3 is 0 Å². The standard InChI is InChI=1S/C15H13BrN2/c16-9-8-15(12-17,13-5-2-1-3-6-13)14-7-4-10-18-11-14/h1-7,10-11H,8-9H2.